The van der Waals surface area contributed by atoms with E-state index in [0.717, 1.165) is 23.9 Å². The first-order valence-corrected chi connectivity index (χ1v) is 7.61. The number of aromatic nitrogens is 1. The SMILES string of the molecule is Cc1ccc(NC(=O)c2cnc(C3CC3)s2)cc1C(F)(F)F. The van der Waals surface area contributed by atoms with Gasteiger partial charge < -0.3 is 5.32 Å². The second-order valence-electron chi connectivity index (χ2n) is 5.32. The number of carbonyl (C=O) groups is 1. The normalized spacial score (nSPS) is 14.9. The van der Waals surface area contributed by atoms with Crippen LogP contribution < -0.4 is 5.32 Å². The fraction of sp³-hybridized carbons (Fsp3) is 0.333. The van der Waals surface area contributed by atoms with Gasteiger partial charge in [0.2, 0.25) is 0 Å². The van der Waals surface area contributed by atoms with Crippen LogP contribution in [0, 0.1) is 6.92 Å². The molecule has 1 saturated carbocycles. The number of nitrogens with one attached hydrogen (secondary N) is 1. The number of halogens is 3. The Morgan fingerprint density at radius 3 is 2.73 bits per heavy atom. The zero-order valence-electron chi connectivity index (χ0n) is 11.7. The highest BCUT2D eigenvalue weighted by molar-refractivity contribution is 7.13. The van der Waals surface area contributed by atoms with Crippen LogP contribution in [0.15, 0.2) is 24.4 Å². The Labute approximate surface area is 129 Å². The van der Waals surface area contributed by atoms with Gasteiger partial charge in [-0.3, -0.25) is 4.79 Å². The number of benzene rings is 1. The number of hydrogen-bond donors (Lipinski definition) is 1. The minimum atomic E-state index is -4.44. The Morgan fingerprint density at radius 1 is 1.36 bits per heavy atom. The van der Waals surface area contributed by atoms with Crippen LogP contribution in [0.1, 0.15) is 44.6 Å². The lowest BCUT2D eigenvalue weighted by Gasteiger charge is -2.12. The van der Waals surface area contributed by atoms with Crippen LogP contribution in [0.3, 0.4) is 0 Å². The molecule has 0 unspecified atom stereocenters. The van der Waals surface area contributed by atoms with Crippen LogP contribution in [0.4, 0.5) is 18.9 Å². The van der Waals surface area contributed by atoms with E-state index in [0.29, 0.717) is 10.8 Å². The quantitative estimate of drug-likeness (QED) is 0.895. The highest BCUT2D eigenvalue weighted by Crippen LogP contribution is 2.41. The molecule has 1 aromatic carbocycles. The molecule has 0 radical (unpaired) electrons. The van der Waals surface area contributed by atoms with Gasteiger partial charge in [-0.05, 0) is 37.5 Å². The number of aryl methyl sites for hydroxylation is 1. The summed E-state index contributed by atoms with van der Waals surface area (Å²) in [6, 6.07) is 3.77. The van der Waals surface area contributed by atoms with Crippen molar-refractivity contribution in [2.45, 2.75) is 31.9 Å². The first-order chi connectivity index (χ1) is 10.3. The van der Waals surface area contributed by atoms with Gasteiger partial charge in [0.15, 0.2) is 0 Å². The predicted molar refractivity (Wildman–Crippen MR) is 78.2 cm³/mol. The summed E-state index contributed by atoms with van der Waals surface area (Å²) in [6.45, 7) is 1.39. The summed E-state index contributed by atoms with van der Waals surface area (Å²) in [6.07, 6.45) is -0.788. The zero-order chi connectivity index (χ0) is 15.9. The Morgan fingerprint density at radius 2 is 2.09 bits per heavy atom. The smallest absolute Gasteiger partial charge is 0.321 e. The molecule has 116 valence electrons. The first-order valence-electron chi connectivity index (χ1n) is 6.79. The predicted octanol–water partition coefficient (Wildman–Crippen LogP) is 4.60. The maximum atomic E-state index is 12.9. The van der Waals surface area contributed by atoms with Crippen LogP contribution in [-0.4, -0.2) is 10.9 Å². The minimum absolute atomic E-state index is 0.124. The number of rotatable bonds is 3. The van der Waals surface area contributed by atoms with Gasteiger partial charge in [0.25, 0.3) is 5.91 Å². The summed E-state index contributed by atoms with van der Waals surface area (Å²) >= 11 is 1.30. The fourth-order valence-electron chi connectivity index (χ4n) is 2.11. The Kier molecular flexibility index (Phi) is 3.68. The van der Waals surface area contributed by atoms with Crippen molar-refractivity contribution in [3.8, 4) is 0 Å². The minimum Gasteiger partial charge on any atom is -0.321 e. The molecule has 0 bridgehead atoms. The molecular weight excluding hydrogens is 313 g/mol. The van der Waals surface area contributed by atoms with Gasteiger partial charge in [0.05, 0.1) is 16.8 Å². The highest BCUT2D eigenvalue weighted by Gasteiger charge is 2.32. The van der Waals surface area contributed by atoms with E-state index in [1.165, 1.54) is 36.6 Å². The van der Waals surface area contributed by atoms with Crippen molar-refractivity contribution in [1.29, 1.82) is 0 Å². The number of anilines is 1. The van der Waals surface area contributed by atoms with Crippen LogP contribution >= 0.6 is 11.3 Å². The van der Waals surface area contributed by atoms with E-state index in [9.17, 15) is 18.0 Å². The van der Waals surface area contributed by atoms with Gasteiger partial charge in [0.1, 0.15) is 4.88 Å². The van der Waals surface area contributed by atoms with Gasteiger partial charge in [-0.1, -0.05) is 6.07 Å². The number of alkyl halides is 3. The van der Waals surface area contributed by atoms with Crippen molar-refractivity contribution in [3.05, 3.63) is 45.4 Å². The molecule has 0 spiro atoms. The van der Waals surface area contributed by atoms with Crippen molar-refractivity contribution in [2.24, 2.45) is 0 Å². The zero-order valence-corrected chi connectivity index (χ0v) is 12.5. The molecule has 1 aromatic heterocycles. The highest BCUT2D eigenvalue weighted by atomic mass is 32.1. The molecule has 7 heteroatoms. The summed E-state index contributed by atoms with van der Waals surface area (Å²) in [5.74, 6) is 0.0177. The second-order valence-corrected chi connectivity index (χ2v) is 6.38. The molecule has 3 nitrogen and oxygen atoms in total. The summed E-state index contributed by atoms with van der Waals surface area (Å²) in [5, 5.41) is 3.42. The van der Waals surface area contributed by atoms with Gasteiger partial charge >= 0.3 is 6.18 Å². The number of hydrogen-bond acceptors (Lipinski definition) is 3. The maximum absolute atomic E-state index is 12.9. The molecule has 2 aromatic rings. The molecule has 22 heavy (non-hydrogen) atoms. The van der Waals surface area contributed by atoms with E-state index in [1.807, 2.05) is 0 Å². The van der Waals surface area contributed by atoms with E-state index in [1.54, 1.807) is 0 Å². The average Bonchev–Trinajstić information content (AvgIpc) is 3.17. The van der Waals surface area contributed by atoms with Gasteiger partial charge in [-0.15, -0.1) is 11.3 Å². The number of carbonyl (C=O) groups excluding carboxylic acids is 1. The number of thiazole rings is 1. The van der Waals surface area contributed by atoms with Crippen molar-refractivity contribution in [3.63, 3.8) is 0 Å². The van der Waals surface area contributed by atoms with E-state index >= 15 is 0 Å². The first kappa shape index (κ1) is 15.0. The van der Waals surface area contributed by atoms with Crippen LogP contribution in [-0.2, 0) is 6.18 Å². The monoisotopic (exact) mass is 326 g/mol. The summed E-state index contributed by atoms with van der Waals surface area (Å²) in [7, 11) is 0. The third-order valence-corrected chi connectivity index (χ3v) is 4.63. The van der Waals surface area contributed by atoms with Crippen molar-refractivity contribution < 1.29 is 18.0 Å². The Bertz CT molecular complexity index is 720. The summed E-state index contributed by atoms with van der Waals surface area (Å²) < 4.78 is 38.6. The van der Waals surface area contributed by atoms with E-state index in [2.05, 4.69) is 10.3 Å². The van der Waals surface area contributed by atoms with Crippen molar-refractivity contribution >= 4 is 22.9 Å². The van der Waals surface area contributed by atoms with E-state index in [4.69, 9.17) is 0 Å². The molecule has 1 aliphatic carbocycles. The molecule has 0 saturated heterocycles. The van der Waals surface area contributed by atoms with E-state index in [-0.39, 0.29) is 11.3 Å². The molecule has 1 fully saturated rings. The standard InChI is InChI=1S/C15H13F3N2OS/c1-8-2-5-10(6-11(8)15(16,17)18)20-13(21)12-7-19-14(22-12)9-3-4-9/h2,5-7,9H,3-4H2,1H3,(H,20,21). The van der Waals surface area contributed by atoms with Crippen LogP contribution in [0.25, 0.3) is 0 Å². The van der Waals surface area contributed by atoms with Gasteiger partial charge in [-0.2, -0.15) is 13.2 Å². The molecule has 1 heterocycles. The lowest BCUT2D eigenvalue weighted by atomic mass is 10.1. The second kappa shape index (κ2) is 5.39. The molecule has 0 atom stereocenters. The van der Waals surface area contributed by atoms with Gasteiger partial charge in [0, 0.05) is 11.6 Å². The molecule has 1 amide bonds. The lowest BCUT2D eigenvalue weighted by molar-refractivity contribution is -0.138. The van der Waals surface area contributed by atoms with Gasteiger partial charge in [-0.25, -0.2) is 4.98 Å². The molecular formula is C15H13F3N2OS. The van der Waals surface area contributed by atoms with Crippen molar-refractivity contribution in [2.75, 3.05) is 5.32 Å². The summed E-state index contributed by atoms with van der Waals surface area (Å²) in [5.41, 5.74) is -0.489. The number of nitrogens with zero attached hydrogens (tertiary/aromatic N) is 1. The molecule has 0 aliphatic heterocycles. The Hall–Kier alpha value is -1.89. The van der Waals surface area contributed by atoms with Crippen LogP contribution in [0.5, 0.6) is 0 Å². The van der Waals surface area contributed by atoms with Crippen molar-refractivity contribution in [1.82, 2.24) is 4.98 Å². The van der Waals surface area contributed by atoms with Crippen LogP contribution in [0.2, 0.25) is 0 Å². The summed E-state index contributed by atoms with van der Waals surface area (Å²) in [4.78, 5) is 16.7. The molecule has 3 rings (SSSR count). The van der Waals surface area contributed by atoms with E-state index < -0.39 is 17.6 Å². The third kappa shape index (κ3) is 3.14. The maximum Gasteiger partial charge on any atom is 0.416 e. The molecule has 1 aliphatic rings. The lowest BCUT2D eigenvalue weighted by Crippen LogP contribution is -2.13. The fourth-order valence-corrected chi connectivity index (χ4v) is 3.09. The largest absolute Gasteiger partial charge is 0.416 e. The average molecular weight is 326 g/mol. The Balaban J connectivity index is 1.78. The third-order valence-electron chi connectivity index (χ3n) is 3.47. The topological polar surface area (TPSA) is 42.0 Å². The molecule has 1 N–H and O–H groups in total. The number of amides is 1.